The highest BCUT2D eigenvalue weighted by atomic mass is 35.5. The van der Waals surface area contributed by atoms with Gasteiger partial charge in [-0.3, -0.25) is 9.36 Å². The van der Waals surface area contributed by atoms with E-state index in [1.165, 1.54) is 11.8 Å². The number of benzene rings is 2. The summed E-state index contributed by atoms with van der Waals surface area (Å²) in [6.45, 7) is 6.72. The van der Waals surface area contributed by atoms with Crippen molar-refractivity contribution in [2.45, 2.75) is 19.0 Å². The summed E-state index contributed by atoms with van der Waals surface area (Å²) < 4.78 is 7.46. The second-order valence-corrected chi connectivity index (χ2v) is 8.68. The van der Waals surface area contributed by atoms with Crippen molar-refractivity contribution < 1.29 is 9.53 Å². The zero-order chi connectivity index (χ0) is 21.8. The van der Waals surface area contributed by atoms with Gasteiger partial charge in [0.25, 0.3) is 0 Å². The van der Waals surface area contributed by atoms with Gasteiger partial charge in [-0.1, -0.05) is 47.6 Å². The van der Waals surface area contributed by atoms with Gasteiger partial charge in [0.05, 0.1) is 35.4 Å². The fraction of sp³-hybridized carbons (Fsp3) is 0.318. The Labute approximate surface area is 190 Å². The molecule has 0 spiro atoms. The molecule has 1 N–H and O–H groups in total. The van der Waals surface area contributed by atoms with Crippen molar-refractivity contribution in [3.63, 3.8) is 0 Å². The molecular formula is C22H24ClN5O2S. The van der Waals surface area contributed by atoms with E-state index in [1.807, 2.05) is 60.9 Å². The van der Waals surface area contributed by atoms with Gasteiger partial charge in [0.15, 0.2) is 5.16 Å². The molecule has 0 radical (unpaired) electrons. The molecule has 0 saturated carbocycles. The fourth-order valence-electron chi connectivity index (χ4n) is 3.51. The Bertz CT molecular complexity index is 1040. The Kier molecular flexibility index (Phi) is 6.80. The predicted octanol–water partition coefficient (Wildman–Crippen LogP) is 4.10. The Morgan fingerprint density at radius 2 is 1.90 bits per heavy atom. The number of carbonyl (C=O) groups excluding carboxylic acids is 1. The van der Waals surface area contributed by atoms with Crippen molar-refractivity contribution in [2.75, 3.05) is 42.3 Å². The van der Waals surface area contributed by atoms with E-state index in [1.54, 1.807) is 0 Å². The van der Waals surface area contributed by atoms with Crippen molar-refractivity contribution in [2.24, 2.45) is 0 Å². The van der Waals surface area contributed by atoms with Crippen molar-refractivity contribution in [3.05, 3.63) is 58.6 Å². The molecule has 1 aromatic heterocycles. The first-order valence-corrected chi connectivity index (χ1v) is 11.4. The molecule has 4 rings (SSSR count). The van der Waals surface area contributed by atoms with Crippen LogP contribution in [0.25, 0.3) is 5.69 Å². The topological polar surface area (TPSA) is 72.3 Å². The van der Waals surface area contributed by atoms with Crippen LogP contribution in [0.3, 0.4) is 0 Å². The highest BCUT2D eigenvalue weighted by Crippen LogP contribution is 2.29. The average molecular weight is 458 g/mol. The molecule has 162 valence electrons. The number of thioether (sulfide) groups is 1. The molecule has 3 aromatic rings. The number of nitrogens with zero attached hydrogens (tertiary/aromatic N) is 4. The van der Waals surface area contributed by atoms with Gasteiger partial charge in [0.2, 0.25) is 11.9 Å². The van der Waals surface area contributed by atoms with E-state index < -0.39 is 0 Å². The Balaban J connectivity index is 1.53. The number of para-hydroxylation sites is 1. The molecule has 0 atom stereocenters. The Morgan fingerprint density at radius 3 is 2.61 bits per heavy atom. The van der Waals surface area contributed by atoms with E-state index >= 15 is 0 Å². The van der Waals surface area contributed by atoms with E-state index in [0.29, 0.717) is 29.1 Å². The maximum absolute atomic E-state index is 12.7. The Hall–Kier alpha value is -2.55. The summed E-state index contributed by atoms with van der Waals surface area (Å²) in [5.41, 5.74) is 3.60. The van der Waals surface area contributed by atoms with Crippen LogP contribution >= 0.6 is 23.4 Å². The maximum atomic E-state index is 12.7. The number of amides is 1. The third-order valence-corrected chi connectivity index (χ3v) is 6.18. The van der Waals surface area contributed by atoms with Crippen molar-refractivity contribution in [1.29, 1.82) is 0 Å². The molecule has 1 fully saturated rings. The predicted molar refractivity (Wildman–Crippen MR) is 125 cm³/mol. The number of hydrogen-bond donors (Lipinski definition) is 1. The first kappa shape index (κ1) is 21.7. The van der Waals surface area contributed by atoms with Crippen LogP contribution in [-0.4, -0.2) is 52.7 Å². The van der Waals surface area contributed by atoms with Crippen LogP contribution < -0.4 is 10.2 Å². The largest absolute Gasteiger partial charge is 0.378 e. The number of anilines is 2. The van der Waals surface area contributed by atoms with Crippen LogP contribution in [0.4, 0.5) is 11.6 Å². The molecule has 1 aliphatic rings. The van der Waals surface area contributed by atoms with Gasteiger partial charge in [-0.2, -0.15) is 0 Å². The first-order valence-electron chi connectivity index (χ1n) is 10.1. The summed E-state index contributed by atoms with van der Waals surface area (Å²) in [6.07, 6.45) is 0. The van der Waals surface area contributed by atoms with Gasteiger partial charge in [-0.05, 0) is 43.2 Å². The number of hydrogen-bond acceptors (Lipinski definition) is 6. The lowest BCUT2D eigenvalue weighted by Gasteiger charge is -2.27. The third kappa shape index (κ3) is 5.03. The molecule has 9 heteroatoms. The lowest BCUT2D eigenvalue weighted by molar-refractivity contribution is -0.113. The number of halogens is 1. The second-order valence-electron chi connectivity index (χ2n) is 7.33. The maximum Gasteiger partial charge on any atom is 0.234 e. The van der Waals surface area contributed by atoms with Gasteiger partial charge in [0.1, 0.15) is 0 Å². The molecule has 7 nitrogen and oxygen atoms in total. The molecule has 1 aliphatic heterocycles. The van der Waals surface area contributed by atoms with Crippen molar-refractivity contribution >= 4 is 40.9 Å². The van der Waals surface area contributed by atoms with Gasteiger partial charge in [-0.25, -0.2) is 0 Å². The molecule has 1 saturated heterocycles. The molecule has 31 heavy (non-hydrogen) atoms. The number of nitrogens with one attached hydrogen (secondary N) is 1. The quantitative estimate of drug-likeness (QED) is 0.562. The lowest BCUT2D eigenvalue weighted by Crippen LogP contribution is -2.37. The Morgan fingerprint density at radius 1 is 1.16 bits per heavy atom. The van der Waals surface area contributed by atoms with E-state index in [9.17, 15) is 4.79 Å². The van der Waals surface area contributed by atoms with E-state index in [-0.39, 0.29) is 11.7 Å². The van der Waals surface area contributed by atoms with Crippen LogP contribution in [0.15, 0.2) is 47.6 Å². The highest BCUT2D eigenvalue weighted by molar-refractivity contribution is 7.99. The molecule has 1 amide bonds. The van der Waals surface area contributed by atoms with Gasteiger partial charge in [0, 0.05) is 13.1 Å². The minimum atomic E-state index is -0.144. The minimum absolute atomic E-state index is 0.144. The number of rotatable bonds is 6. The van der Waals surface area contributed by atoms with Gasteiger partial charge in [-0.15, -0.1) is 10.2 Å². The number of carbonyl (C=O) groups is 1. The molecular weight excluding hydrogens is 434 g/mol. The summed E-state index contributed by atoms with van der Waals surface area (Å²) in [5, 5.41) is 12.9. The summed E-state index contributed by atoms with van der Waals surface area (Å²) in [5.74, 6) is 0.807. The van der Waals surface area contributed by atoms with Gasteiger partial charge >= 0.3 is 0 Å². The van der Waals surface area contributed by atoms with E-state index in [4.69, 9.17) is 16.3 Å². The standard InChI is InChI=1S/C22H24ClN5O2S/c1-15-12-16(2)20(18(23)13-15)24-19(29)14-31-22-26-25-21(27-8-10-30-11-9-27)28(22)17-6-4-3-5-7-17/h3-7,12-13H,8-11,14H2,1-2H3,(H,24,29). The smallest absolute Gasteiger partial charge is 0.234 e. The normalized spacial score (nSPS) is 14.0. The van der Waals surface area contributed by atoms with E-state index in [2.05, 4.69) is 20.4 Å². The van der Waals surface area contributed by atoms with Crippen LogP contribution in [0, 0.1) is 13.8 Å². The number of morpholine rings is 1. The molecule has 2 heterocycles. The zero-order valence-electron chi connectivity index (χ0n) is 17.5. The number of aryl methyl sites for hydroxylation is 2. The summed E-state index contributed by atoms with van der Waals surface area (Å²) in [4.78, 5) is 14.8. The van der Waals surface area contributed by atoms with Crippen molar-refractivity contribution in [3.8, 4) is 5.69 Å². The molecule has 2 aromatic carbocycles. The first-order chi connectivity index (χ1) is 15.0. The monoisotopic (exact) mass is 457 g/mol. The fourth-order valence-corrected chi connectivity index (χ4v) is 4.62. The third-order valence-electron chi connectivity index (χ3n) is 4.95. The van der Waals surface area contributed by atoms with Crippen molar-refractivity contribution in [1.82, 2.24) is 14.8 Å². The second kappa shape index (κ2) is 9.72. The molecule has 0 aliphatic carbocycles. The summed E-state index contributed by atoms with van der Waals surface area (Å²) >= 11 is 7.67. The van der Waals surface area contributed by atoms with Crippen LogP contribution in [0.2, 0.25) is 5.02 Å². The highest BCUT2D eigenvalue weighted by Gasteiger charge is 2.22. The number of aromatic nitrogens is 3. The van der Waals surface area contributed by atoms with Crippen LogP contribution in [0.5, 0.6) is 0 Å². The van der Waals surface area contributed by atoms with E-state index in [0.717, 1.165) is 35.9 Å². The van der Waals surface area contributed by atoms with Crippen LogP contribution in [0.1, 0.15) is 11.1 Å². The number of ether oxygens (including phenoxy) is 1. The average Bonchev–Trinajstić information content (AvgIpc) is 3.20. The van der Waals surface area contributed by atoms with Gasteiger partial charge < -0.3 is 15.0 Å². The lowest BCUT2D eigenvalue weighted by atomic mass is 10.1. The SMILES string of the molecule is Cc1cc(C)c(NC(=O)CSc2nnc(N3CCOCC3)n2-c2ccccc2)c(Cl)c1. The molecule has 0 unspecified atom stereocenters. The van der Waals surface area contributed by atoms with Crippen LogP contribution in [-0.2, 0) is 9.53 Å². The minimum Gasteiger partial charge on any atom is -0.378 e. The summed E-state index contributed by atoms with van der Waals surface area (Å²) in [7, 11) is 0. The summed E-state index contributed by atoms with van der Waals surface area (Å²) in [6, 6.07) is 13.8. The zero-order valence-corrected chi connectivity index (χ0v) is 19.0. The molecule has 0 bridgehead atoms.